The molecule has 0 saturated heterocycles. The van der Waals surface area contributed by atoms with Gasteiger partial charge in [-0.1, -0.05) is 12.1 Å². The number of rotatable bonds is 4. The Morgan fingerprint density at radius 2 is 1.80 bits per heavy atom. The van der Waals surface area contributed by atoms with Gasteiger partial charge < -0.3 is 10.1 Å². The third-order valence-electron chi connectivity index (χ3n) is 4.14. The first-order chi connectivity index (χ1) is 14.4. The van der Waals surface area contributed by atoms with Gasteiger partial charge >= 0.3 is 6.03 Å². The van der Waals surface area contributed by atoms with Crippen molar-refractivity contribution >= 4 is 17.6 Å². The molecule has 7 nitrogen and oxygen atoms in total. The summed E-state index contributed by atoms with van der Waals surface area (Å²) in [7, 11) is 0. The van der Waals surface area contributed by atoms with Crippen molar-refractivity contribution < 1.29 is 18.7 Å². The summed E-state index contributed by atoms with van der Waals surface area (Å²) in [6.45, 7) is 3.58. The number of nitriles is 1. The quantitative estimate of drug-likeness (QED) is 0.668. The van der Waals surface area contributed by atoms with Crippen molar-refractivity contribution in [1.82, 2.24) is 10.3 Å². The standard InChI is InChI=1S/C22H17FN4O3/c1-13-9-16(26-22(29)27-21(28)17-5-3-4-6-18(17)23)10-14(2)20(13)30-19-8-7-15(11-24)12-25-19/h3-10,12H,1-2H3,(H2,26,27,28,29). The predicted octanol–water partition coefficient (Wildman–Crippen LogP) is 4.46. The molecule has 0 saturated carbocycles. The second kappa shape index (κ2) is 8.84. The van der Waals surface area contributed by atoms with E-state index in [1.54, 1.807) is 38.1 Å². The molecule has 1 aromatic heterocycles. The van der Waals surface area contributed by atoms with Gasteiger partial charge in [0, 0.05) is 18.0 Å². The van der Waals surface area contributed by atoms with Gasteiger partial charge in [0.1, 0.15) is 17.6 Å². The number of ether oxygens (including phenoxy) is 1. The fourth-order valence-electron chi connectivity index (χ4n) is 2.77. The Labute approximate surface area is 172 Å². The first kappa shape index (κ1) is 20.5. The van der Waals surface area contributed by atoms with E-state index in [0.29, 0.717) is 22.9 Å². The van der Waals surface area contributed by atoms with Crippen molar-refractivity contribution in [3.05, 3.63) is 82.8 Å². The molecule has 2 N–H and O–H groups in total. The van der Waals surface area contributed by atoms with Crippen LogP contribution in [0.1, 0.15) is 27.0 Å². The Morgan fingerprint density at radius 3 is 2.40 bits per heavy atom. The number of carbonyl (C=O) groups is 2. The molecule has 0 unspecified atom stereocenters. The van der Waals surface area contributed by atoms with E-state index in [0.717, 1.165) is 17.2 Å². The summed E-state index contributed by atoms with van der Waals surface area (Å²) < 4.78 is 19.5. The molecule has 3 rings (SSSR count). The van der Waals surface area contributed by atoms with Gasteiger partial charge in [-0.15, -0.1) is 0 Å². The zero-order valence-corrected chi connectivity index (χ0v) is 16.2. The van der Waals surface area contributed by atoms with Gasteiger partial charge in [0.25, 0.3) is 5.91 Å². The van der Waals surface area contributed by atoms with E-state index in [-0.39, 0.29) is 5.56 Å². The number of anilines is 1. The summed E-state index contributed by atoms with van der Waals surface area (Å²) in [5.41, 5.74) is 2.07. The lowest BCUT2D eigenvalue weighted by molar-refractivity contribution is 0.0963. The van der Waals surface area contributed by atoms with Gasteiger partial charge in [0.2, 0.25) is 5.88 Å². The number of imide groups is 1. The van der Waals surface area contributed by atoms with Crippen molar-refractivity contribution in [2.45, 2.75) is 13.8 Å². The second-order valence-electron chi connectivity index (χ2n) is 6.43. The van der Waals surface area contributed by atoms with E-state index in [1.165, 1.54) is 24.4 Å². The molecule has 0 radical (unpaired) electrons. The van der Waals surface area contributed by atoms with Crippen LogP contribution in [0.15, 0.2) is 54.7 Å². The van der Waals surface area contributed by atoms with E-state index in [1.807, 2.05) is 6.07 Å². The lowest BCUT2D eigenvalue weighted by atomic mass is 10.1. The first-order valence-corrected chi connectivity index (χ1v) is 8.89. The Morgan fingerprint density at radius 1 is 1.10 bits per heavy atom. The average Bonchev–Trinajstić information content (AvgIpc) is 2.71. The number of hydrogen-bond acceptors (Lipinski definition) is 5. The number of pyridine rings is 1. The number of amides is 3. The smallest absolute Gasteiger partial charge is 0.326 e. The topological polar surface area (TPSA) is 104 Å². The molecule has 150 valence electrons. The van der Waals surface area contributed by atoms with Gasteiger partial charge in [-0.05, 0) is 55.3 Å². The molecular formula is C22H17FN4O3. The van der Waals surface area contributed by atoms with Crippen molar-refractivity contribution in [1.29, 1.82) is 5.26 Å². The highest BCUT2D eigenvalue weighted by Crippen LogP contribution is 2.30. The SMILES string of the molecule is Cc1cc(NC(=O)NC(=O)c2ccccc2F)cc(C)c1Oc1ccc(C#N)cn1. The third kappa shape index (κ3) is 4.77. The van der Waals surface area contributed by atoms with Crippen LogP contribution in [0.2, 0.25) is 0 Å². The van der Waals surface area contributed by atoms with Crippen LogP contribution in [-0.2, 0) is 0 Å². The van der Waals surface area contributed by atoms with Crippen LogP contribution in [0.3, 0.4) is 0 Å². The van der Waals surface area contributed by atoms with Gasteiger partial charge in [-0.2, -0.15) is 5.26 Å². The van der Waals surface area contributed by atoms with Crippen molar-refractivity contribution in [2.24, 2.45) is 0 Å². The lowest BCUT2D eigenvalue weighted by Crippen LogP contribution is -2.34. The fourth-order valence-corrected chi connectivity index (χ4v) is 2.77. The van der Waals surface area contributed by atoms with Crippen LogP contribution in [-0.4, -0.2) is 16.9 Å². The fraction of sp³-hybridized carbons (Fsp3) is 0.0909. The molecule has 8 heteroatoms. The van der Waals surface area contributed by atoms with E-state index >= 15 is 0 Å². The molecule has 0 atom stereocenters. The molecule has 0 spiro atoms. The molecule has 3 aromatic rings. The number of halogens is 1. The van der Waals surface area contributed by atoms with Crippen LogP contribution in [0, 0.1) is 31.0 Å². The van der Waals surface area contributed by atoms with E-state index < -0.39 is 17.8 Å². The summed E-state index contributed by atoms with van der Waals surface area (Å²) in [5.74, 6) is -0.673. The van der Waals surface area contributed by atoms with Crippen LogP contribution in [0.4, 0.5) is 14.9 Å². The average molecular weight is 404 g/mol. The Bertz CT molecular complexity index is 1130. The van der Waals surface area contributed by atoms with E-state index in [2.05, 4.69) is 15.6 Å². The zero-order valence-electron chi connectivity index (χ0n) is 16.2. The number of hydrogen-bond donors (Lipinski definition) is 2. The summed E-state index contributed by atoms with van der Waals surface area (Å²) in [5, 5.41) is 13.5. The largest absolute Gasteiger partial charge is 0.438 e. The van der Waals surface area contributed by atoms with Gasteiger partial charge in [-0.25, -0.2) is 14.2 Å². The minimum atomic E-state index is -0.842. The molecular weight excluding hydrogens is 387 g/mol. The van der Waals surface area contributed by atoms with Crippen LogP contribution >= 0.6 is 0 Å². The molecule has 30 heavy (non-hydrogen) atoms. The van der Waals surface area contributed by atoms with Crippen molar-refractivity contribution in [3.63, 3.8) is 0 Å². The minimum absolute atomic E-state index is 0.223. The zero-order chi connectivity index (χ0) is 21.7. The van der Waals surface area contributed by atoms with E-state index in [9.17, 15) is 14.0 Å². The Kier molecular flexibility index (Phi) is 6.03. The third-order valence-corrected chi connectivity index (χ3v) is 4.14. The number of nitrogens with zero attached hydrogens (tertiary/aromatic N) is 2. The minimum Gasteiger partial charge on any atom is -0.438 e. The number of carbonyl (C=O) groups excluding carboxylic acids is 2. The van der Waals surface area contributed by atoms with Crippen LogP contribution < -0.4 is 15.4 Å². The maximum atomic E-state index is 13.7. The highest BCUT2D eigenvalue weighted by Gasteiger charge is 2.15. The Hall–Kier alpha value is -4.25. The lowest BCUT2D eigenvalue weighted by Gasteiger charge is -2.14. The Balaban J connectivity index is 1.70. The number of aromatic nitrogens is 1. The molecule has 0 bridgehead atoms. The molecule has 0 aliphatic carbocycles. The second-order valence-corrected chi connectivity index (χ2v) is 6.43. The molecule has 3 amide bonds. The number of benzene rings is 2. The van der Waals surface area contributed by atoms with E-state index in [4.69, 9.17) is 10.00 Å². The number of urea groups is 1. The van der Waals surface area contributed by atoms with Crippen molar-refractivity contribution in [2.75, 3.05) is 5.32 Å². The van der Waals surface area contributed by atoms with Gasteiger partial charge in [-0.3, -0.25) is 10.1 Å². The predicted molar refractivity (Wildman–Crippen MR) is 108 cm³/mol. The van der Waals surface area contributed by atoms with Crippen LogP contribution in [0.5, 0.6) is 11.6 Å². The van der Waals surface area contributed by atoms with Crippen LogP contribution in [0.25, 0.3) is 0 Å². The summed E-state index contributed by atoms with van der Waals surface area (Å²) in [6, 6.07) is 13.1. The highest BCUT2D eigenvalue weighted by molar-refractivity contribution is 6.08. The maximum Gasteiger partial charge on any atom is 0.326 e. The molecule has 0 fully saturated rings. The maximum absolute atomic E-state index is 13.7. The first-order valence-electron chi connectivity index (χ1n) is 8.89. The molecule has 2 aromatic carbocycles. The number of nitrogens with one attached hydrogen (secondary N) is 2. The normalized spacial score (nSPS) is 10.1. The monoisotopic (exact) mass is 404 g/mol. The highest BCUT2D eigenvalue weighted by atomic mass is 19.1. The molecule has 0 aliphatic heterocycles. The summed E-state index contributed by atoms with van der Waals surface area (Å²) in [4.78, 5) is 28.3. The van der Waals surface area contributed by atoms with Gasteiger partial charge in [0.15, 0.2) is 0 Å². The van der Waals surface area contributed by atoms with Gasteiger partial charge in [0.05, 0.1) is 11.1 Å². The number of aryl methyl sites for hydroxylation is 2. The molecule has 0 aliphatic rings. The molecule has 1 heterocycles. The summed E-state index contributed by atoms with van der Waals surface area (Å²) >= 11 is 0. The summed E-state index contributed by atoms with van der Waals surface area (Å²) in [6.07, 6.45) is 1.41. The van der Waals surface area contributed by atoms with Crippen molar-refractivity contribution in [3.8, 4) is 17.7 Å².